The molecule has 2 N–H and O–H groups in total. The molecule has 2 aromatic carbocycles. The Morgan fingerprint density at radius 3 is 2.30 bits per heavy atom. The summed E-state index contributed by atoms with van der Waals surface area (Å²) in [6, 6.07) is 9.54. The molecule has 7 heteroatoms. The SMILES string of the molecule is Nc1ccc(Br)cc1S(=O)(=O)Cc1c(Cl)cccc1Cl. The molecule has 0 heterocycles. The van der Waals surface area contributed by atoms with Crippen LogP contribution in [0.15, 0.2) is 45.8 Å². The van der Waals surface area contributed by atoms with Crippen LogP contribution in [0, 0.1) is 0 Å². The second-order valence-electron chi connectivity index (χ2n) is 4.14. The average Bonchev–Trinajstić information content (AvgIpc) is 2.37. The van der Waals surface area contributed by atoms with E-state index in [1.165, 1.54) is 12.1 Å². The van der Waals surface area contributed by atoms with E-state index in [1.54, 1.807) is 24.3 Å². The minimum absolute atomic E-state index is 0.0582. The third-order valence-corrected chi connectivity index (χ3v) is 5.60. The lowest BCUT2D eigenvalue weighted by atomic mass is 10.2. The number of hydrogen-bond acceptors (Lipinski definition) is 3. The molecule has 0 fully saturated rings. The molecule has 0 saturated carbocycles. The van der Waals surface area contributed by atoms with Crippen molar-refractivity contribution in [3.8, 4) is 0 Å². The van der Waals surface area contributed by atoms with Gasteiger partial charge >= 0.3 is 0 Å². The molecule has 0 bridgehead atoms. The molecule has 0 aromatic heterocycles. The summed E-state index contributed by atoms with van der Waals surface area (Å²) >= 11 is 15.2. The van der Waals surface area contributed by atoms with Crippen molar-refractivity contribution in [3.63, 3.8) is 0 Å². The van der Waals surface area contributed by atoms with Gasteiger partial charge in [-0.2, -0.15) is 0 Å². The molecule has 0 saturated heterocycles. The second-order valence-corrected chi connectivity index (χ2v) is 7.83. The molecule has 0 aliphatic rings. The summed E-state index contributed by atoms with van der Waals surface area (Å²) in [5, 5.41) is 0.629. The fraction of sp³-hybridized carbons (Fsp3) is 0.0769. The third kappa shape index (κ3) is 3.28. The topological polar surface area (TPSA) is 60.2 Å². The number of sulfone groups is 1. The fourth-order valence-electron chi connectivity index (χ4n) is 1.72. The Labute approximate surface area is 135 Å². The minimum atomic E-state index is -3.64. The van der Waals surface area contributed by atoms with E-state index in [0.717, 1.165) is 0 Å². The fourth-order valence-corrected chi connectivity index (χ4v) is 4.50. The largest absolute Gasteiger partial charge is 0.398 e. The van der Waals surface area contributed by atoms with Crippen molar-refractivity contribution in [2.24, 2.45) is 0 Å². The van der Waals surface area contributed by atoms with Crippen molar-refractivity contribution >= 4 is 54.7 Å². The Bertz CT molecular complexity index is 743. The molecular weight excluding hydrogens is 385 g/mol. The van der Waals surface area contributed by atoms with Crippen LogP contribution in [0.2, 0.25) is 10.0 Å². The van der Waals surface area contributed by atoms with Crippen molar-refractivity contribution in [3.05, 3.63) is 56.5 Å². The Kier molecular flexibility index (Phi) is 4.64. The highest BCUT2D eigenvalue weighted by atomic mass is 79.9. The van der Waals surface area contributed by atoms with Gasteiger partial charge in [-0.3, -0.25) is 0 Å². The van der Waals surface area contributed by atoms with Crippen LogP contribution in [0.3, 0.4) is 0 Å². The maximum atomic E-state index is 12.5. The van der Waals surface area contributed by atoms with Gasteiger partial charge in [0.25, 0.3) is 0 Å². The van der Waals surface area contributed by atoms with Gasteiger partial charge in [0.2, 0.25) is 0 Å². The molecule has 20 heavy (non-hydrogen) atoms. The Balaban J connectivity index is 2.49. The highest BCUT2D eigenvalue weighted by molar-refractivity contribution is 9.10. The quantitative estimate of drug-likeness (QED) is 0.789. The number of nitrogen functional groups attached to an aromatic ring is 1. The van der Waals surface area contributed by atoms with E-state index in [-0.39, 0.29) is 16.3 Å². The van der Waals surface area contributed by atoms with Gasteiger partial charge in [0.1, 0.15) is 0 Å². The third-order valence-electron chi connectivity index (χ3n) is 2.71. The monoisotopic (exact) mass is 393 g/mol. The van der Waals surface area contributed by atoms with Gasteiger partial charge in [-0.05, 0) is 30.3 Å². The van der Waals surface area contributed by atoms with Crippen molar-refractivity contribution in [2.75, 3.05) is 5.73 Å². The van der Waals surface area contributed by atoms with Gasteiger partial charge in [-0.25, -0.2) is 8.42 Å². The van der Waals surface area contributed by atoms with E-state index in [0.29, 0.717) is 20.1 Å². The molecule has 3 nitrogen and oxygen atoms in total. The highest BCUT2D eigenvalue weighted by Gasteiger charge is 2.21. The molecule has 0 spiro atoms. The summed E-state index contributed by atoms with van der Waals surface area (Å²) in [7, 11) is -3.64. The first kappa shape index (κ1) is 15.6. The van der Waals surface area contributed by atoms with Crippen LogP contribution in [0.1, 0.15) is 5.56 Å². The van der Waals surface area contributed by atoms with Crippen molar-refractivity contribution in [1.82, 2.24) is 0 Å². The van der Waals surface area contributed by atoms with E-state index >= 15 is 0 Å². The van der Waals surface area contributed by atoms with E-state index in [4.69, 9.17) is 28.9 Å². The summed E-state index contributed by atoms with van der Waals surface area (Å²) in [5.41, 5.74) is 6.30. The molecule has 0 aliphatic carbocycles. The summed E-state index contributed by atoms with van der Waals surface area (Å²) < 4.78 is 25.6. The van der Waals surface area contributed by atoms with E-state index in [1.807, 2.05) is 0 Å². The first-order valence-corrected chi connectivity index (χ1v) is 8.72. The molecular formula is C13H10BrCl2NO2S. The first-order valence-electron chi connectivity index (χ1n) is 5.52. The van der Waals surface area contributed by atoms with Gasteiger partial charge in [-0.1, -0.05) is 45.2 Å². The van der Waals surface area contributed by atoms with E-state index in [2.05, 4.69) is 15.9 Å². The van der Waals surface area contributed by atoms with E-state index in [9.17, 15) is 8.42 Å². The zero-order valence-electron chi connectivity index (χ0n) is 10.1. The maximum absolute atomic E-state index is 12.5. The normalized spacial score (nSPS) is 11.6. The zero-order chi connectivity index (χ0) is 14.9. The lowest BCUT2D eigenvalue weighted by Gasteiger charge is -2.10. The van der Waals surface area contributed by atoms with Crippen LogP contribution in [-0.2, 0) is 15.6 Å². The van der Waals surface area contributed by atoms with Crippen LogP contribution < -0.4 is 5.73 Å². The van der Waals surface area contributed by atoms with Gasteiger partial charge in [-0.15, -0.1) is 0 Å². The minimum Gasteiger partial charge on any atom is -0.398 e. The predicted molar refractivity (Wildman–Crippen MR) is 85.9 cm³/mol. The number of nitrogens with two attached hydrogens (primary N) is 1. The number of rotatable bonds is 3. The molecule has 0 unspecified atom stereocenters. The summed E-state index contributed by atoms with van der Waals surface area (Å²) in [6.45, 7) is 0. The molecule has 0 atom stereocenters. The van der Waals surface area contributed by atoms with Gasteiger partial charge in [0.15, 0.2) is 9.84 Å². The maximum Gasteiger partial charge on any atom is 0.184 e. The molecule has 106 valence electrons. The summed E-state index contributed by atoms with van der Waals surface area (Å²) in [5.74, 6) is -0.299. The van der Waals surface area contributed by atoms with Gasteiger partial charge in [0.05, 0.1) is 16.3 Å². The zero-order valence-corrected chi connectivity index (χ0v) is 14.0. The van der Waals surface area contributed by atoms with Crippen molar-refractivity contribution in [1.29, 1.82) is 0 Å². The number of hydrogen-bond donors (Lipinski definition) is 1. The number of anilines is 1. The van der Waals surface area contributed by atoms with Crippen LogP contribution in [0.5, 0.6) is 0 Å². The standard InChI is InChI=1S/C13H10BrCl2NO2S/c14-8-4-5-12(17)13(6-8)20(18,19)7-9-10(15)2-1-3-11(9)16/h1-6H,7,17H2. The Hall–Kier alpha value is -0.750. The molecule has 2 aromatic rings. The van der Waals surface area contributed by atoms with Gasteiger partial charge < -0.3 is 5.73 Å². The smallest absolute Gasteiger partial charge is 0.184 e. The van der Waals surface area contributed by atoms with Crippen molar-refractivity contribution < 1.29 is 8.42 Å². The van der Waals surface area contributed by atoms with E-state index < -0.39 is 9.84 Å². The predicted octanol–water partition coefficient (Wildman–Crippen LogP) is 4.31. The second kappa shape index (κ2) is 5.93. The van der Waals surface area contributed by atoms with Crippen LogP contribution in [0.4, 0.5) is 5.69 Å². The molecule has 0 radical (unpaired) electrons. The molecule has 2 rings (SSSR count). The summed E-state index contributed by atoms with van der Waals surface area (Å²) in [6.07, 6.45) is 0. The number of benzene rings is 2. The van der Waals surface area contributed by atoms with Crippen LogP contribution >= 0.6 is 39.1 Å². The van der Waals surface area contributed by atoms with Crippen LogP contribution in [0.25, 0.3) is 0 Å². The van der Waals surface area contributed by atoms with Crippen molar-refractivity contribution in [2.45, 2.75) is 10.6 Å². The molecule has 0 aliphatic heterocycles. The molecule has 0 amide bonds. The Morgan fingerprint density at radius 1 is 1.10 bits per heavy atom. The first-order chi connectivity index (χ1) is 9.31. The Morgan fingerprint density at radius 2 is 1.70 bits per heavy atom. The van der Waals surface area contributed by atoms with Crippen LogP contribution in [-0.4, -0.2) is 8.42 Å². The van der Waals surface area contributed by atoms with Gasteiger partial charge in [0, 0.05) is 20.1 Å². The lowest BCUT2D eigenvalue weighted by molar-refractivity contribution is 0.595. The summed E-state index contributed by atoms with van der Waals surface area (Å²) in [4.78, 5) is 0.0582. The highest BCUT2D eigenvalue weighted by Crippen LogP contribution is 2.31. The number of halogens is 3. The average molecular weight is 395 g/mol. The lowest BCUT2D eigenvalue weighted by Crippen LogP contribution is -2.08.